The Kier molecular flexibility index (Phi) is 13.0. The van der Waals surface area contributed by atoms with Crippen LogP contribution in [0, 0.1) is 41.4 Å². The Labute approximate surface area is 317 Å². The van der Waals surface area contributed by atoms with Gasteiger partial charge < -0.3 is 48.9 Å². The third kappa shape index (κ3) is 7.94. The van der Waals surface area contributed by atoms with Gasteiger partial charge in [-0.25, -0.2) is 0 Å². The highest BCUT2D eigenvalue weighted by molar-refractivity contribution is 5.84. The van der Waals surface area contributed by atoms with E-state index in [0.29, 0.717) is 57.8 Å². The first-order chi connectivity index (χ1) is 24.8. The molecule has 18 unspecified atom stereocenters. The van der Waals surface area contributed by atoms with Crippen LogP contribution >= 0.6 is 0 Å². The van der Waals surface area contributed by atoms with Crippen LogP contribution in [0.3, 0.4) is 0 Å². The third-order valence-corrected chi connectivity index (χ3v) is 14.4. The molecule has 18 atom stereocenters. The van der Waals surface area contributed by atoms with Crippen molar-refractivity contribution in [3.8, 4) is 0 Å². The summed E-state index contributed by atoms with van der Waals surface area (Å²) >= 11 is 0. The molecule has 304 valence electrons. The summed E-state index contributed by atoms with van der Waals surface area (Å²) in [5, 5.41) is 46.0. The summed E-state index contributed by atoms with van der Waals surface area (Å²) in [6, 6.07) is 0. The fourth-order valence-electron chi connectivity index (χ4n) is 10.5. The fourth-order valence-corrected chi connectivity index (χ4v) is 10.5. The van der Waals surface area contributed by atoms with Crippen LogP contribution in [-0.4, -0.2) is 92.6 Å². The molecular weight excluding hydrogens is 680 g/mol. The molecule has 0 aliphatic carbocycles. The third-order valence-electron chi connectivity index (χ3n) is 14.4. The van der Waals surface area contributed by atoms with Crippen LogP contribution in [0.25, 0.3) is 0 Å². The Morgan fingerprint density at radius 3 is 2.19 bits per heavy atom. The lowest BCUT2D eigenvalue weighted by molar-refractivity contribution is -0.409. The molecule has 11 heteroatoms. The zero-order valence-electron chi connectivity index (χ0n) is 33.9. The van der Waals surface area contributed by atoms with Gasteiger partial charge in [0.05, 0.1) is 47.8 Å². The molecule has 5 aliphatic rings. The van der Waals surface area contributed by atoms with Crippen molar-refractivity contribution < 1.29 is 53.7 Å². The summed E-state index contributed by atoms with van der Waals surface area (Å²) in [5.41, 5.74) is -1.64. The lowest BCUT2D eigenvalue weighted by Crippen LogP contribution is -2.63. The van der Waals surface area contributed by atoms with E-state index in [-0.39, 0.29) is 35.7 Å². The van der Waals surface area contributed by atoms with Gasteiger partial charge in [-0.2, -0.15) is 0 Å². The number of hydrogen-bond acceptors (Lipinski definition) is 11. The topological polar surface area (TPSA) is 164 Å². The summed E-state index contributed by atoms with van der Waals surface area (Å²) in [4.78, 5) is 26.2. The van der Waals surface area contributed by atoms with Crippen LogP contribution in [0.4, 0.5) is 0 Å². The molecule has 0 saturated carbocycles. The van der Waals surface area contributed by atoms with Crippen molar-refractivity contribution in [2.24, 2.45) is 41.4 Å². The number of ketones is 1. The second-order valence-corrected chi connectivity index (χ2v) is 17.9. The standard InChI is InChI=1S/C42H70O11/c1-11-29(38(46)47)31-15-14-23(4)36(50-31)27(8)34(44)26(7)35(45)30(12-2)37-24(5)22-25(6)41(51-37)19-16-32(43)42(53-41)21-20-39(10,52-42)33-17-18-40(48,13-3)28(9)49-33/h16,19,23-34,36-37,43-44,48H,11-15,17-18,20-22H2,1-10H3,(H,46,47)/p-1. The number of carboxylic acid groups (broad SMARTS) is 1. The van der Waals surface area contributed by atoms with Gasteiger partial charge in [-0.3, -0.25) is 4.79 Å². The molecule has 4 saturated heterocycles. The van der Waals surface area contributed by atoms with Gasteiger partial charge in [0.15, 0.2) is 5.79 Å². The van der Waals surface area contributed by atoms with E-state index >= 15 is 0 Å². The van der Waals surface area contributed by atoms with Crippen molar-refractivity contribution in [1.82, 2.24) is 0 Å². The maximum absolute atomic E-state index is 14.4. The second-order valence-electron chi connectivity index (χ2n) is 17.9. The number of aliphatic hydroxyl groups excluding tert-OH is 2. The summed E-state index contributed by atoms with van der Waals surface area (Å²) < 4.78 is 33.4. The van der Waals surface area contributed by atoms with E-state index in [1.165, 1.54) is 0 Å². The predicted octanol–water partition coefficient (Wildman–Crippen LogP) is 4.85. The molecule has 0 bridgehead atoms. The molecule has 0 amide bonds. The summed E-state index contributed by atoms with van der Waals surface area (Å²) in [6.45, 7) is 19.5. The first-order valence-corrected chi connectivity index (χ1v) is 20.7. The smallest absolute Gasteiger partial charge is 0.202 e. The molecule has 53 heavy (non-hydrogen) atoms. The van der Waals surface area contributed by atoms with E-state index in [4.69, 9.17) is 23.7 Å². The molecule has 11 nitrogen and oxygen atoms in total. The molecule has 4 fully saturated rings. The Bertz CT molecular complexity index is 1320. The molecule has 5 heterocycles. The van der Waals surface area contributed by atoms with Crippen LogP contribution in [0.1, 0.15) is 133 Å². The zero-order valence-corrected chi connectivity index (χ0v) is 33.9. The maximum Gasteiger partial charge on any atom is 0.202 e. The van der Waals surface area contributed by atoms with Crippen molar-refractivity contribution >= 4 is 11.8 Å². The minimum Gasteiger partial charge on any atom is -0.550 e. The van der Waals surface area contributed by atoms with Crippen LogP contribution in [0.15, 0.2) is 12.2 Å². The van der Waals surface area contributed by atoms with Crippen LogP contribution in [0.5, 0.6) is 0 Å². The van der Waals surface area contributed by atoms with E-state index in [9.17, 15) is 30.0 Å². The molecule has 5 rings (SSSR count). The lowest BCUT2D eigenvalue weighted by Gasteiger charge is -2.54. The van der Waals surface area contributed by atoms with E-state index < -0.39 is 82.9 Å². The van der Waals surface area contributed by atoms with Gasteiger partial charge in [-0.1, -0.05) is 55.4 Å². The van der Waals surface area contributed by atoms with Gasteiger partial charge in [-0.15, -0.1) is 0 Å². The number of aliphatic hydroxyl groups is 3. The van der Waals surface area contributed by atoms with E-state index in [1.54, 1.807) is 19.1 Å². The predicted molar refractivity (Wildman–Crippen MR) is 196 cm³/mol. The second kappa shape index (κ2) is 16.2. The number of ether oxygens (including phenoxy) is 5. The number of carboxylic acids is 1. The molecule has 0 aromatic heterocycles. The van der Waals surface area contributed by atoms with Gasteiger partial charge >= 0.3 is 0 Å². The first kappa shape index (κ1) is 42.7. The number of carbonyl (C=O) groups excluding carboxylic acids is 2. The maximum atomic E-state index is 14.4. The summed E-state index contributed by atoms with van der Waals surface area (Å²) in [7, 11) is 0. The fraction of sp³-hybridized carbons (Fsp3) is 0.905. The van der Waals surface area contributed by atoms with Gasteiger partial charge in [0.25, 0.3) is 0 Å². The summed E-state index contributed by atoms with van der Waals surface area (Å²) in [5.74, 6) is -6.24. The number of hydrogen-bond donors (Lipinski definition) is 3. The number of aliphatic carboxylic acids is 1. The highest BCUT2D eigenvalue weighted by Crippen LogP contribution is 2.54. The Morgan fingerprint density at radius 2 is 1.58 bits per heavy atom. The minimum absolute atomic E-state index is 0.00774. The van der Waals surface area contributed by atoms with Gasteiger partial charge in [-0.05, 0) is 95.6 Å². The van der Waals surface area contributed by atoms with Gasteiger partial charge in [0.1, 0.15) is 11.9 Å². The van der Waals surface area contributed by atoms with Crippen molar-refractivity contribution in [3.05, 3.63) is 12.2 Å². The number of carbonyl (C=O) groups is 2. The Morgan fingerprint density at radius 1 is 0.906 bits per heavy atom. The normalized spacial score (nSPS) is 46.2. The highest BCUT2D eigenvalue weighted by atomic mass is 16.8. The zero-order chi connectivity index (χ0) is 39.3. The largest absolute Gasteiger partial charge is 0.550 e. The average Bonchev–Trinajstić information content (AvgIpc) is 3.47. The van der Waals surface area contributed by atoms with Gasteiger partial charge in [0, 0.05) is 42.0 Å². The molecule has 0 radical (unpaired) electrons. The Hall–Kier alpha value is -1.44. The van der Waals surface area contributed by atoms with Crippen LogP contribution < -0.4 is 5.11 Å². The van der Waals surface area contributed by atoms with E-state index in [1.807, 2.05) is 41.5 Å². The van der Waals surface area contributed by atoms with Crippen LogP contribution in [-0.2, 0) is 33.3 Å². The van der Waals surface area contributed by atoms with Gasteiger partial charge in [0.2, 0.25) is 5.79 Å². The first-order valence-electron chi connectivity index (χ1n) is 20.7. The van der Waals surface area contributed by atoms with E-state index in [2.05, 4.69) is 20.8 Å². The van der Waals surface area contributed by atoms with Crippen molar-refractivity contribution in [2.45, 2.75) is 199 Å². The van der Waals surface area contributed by atoms with Crippen molar-refractivity contribution in [3.63, 3.8) is 0 Å². The SMILES string of the molecule is CCC(C(=O)[O-])C1CCC(C)C(C(C)C(O)C(C)C(=O)C(CC)C2OC3(C=CC(O)C4(CCC(C)(C5CCC(O)(CC)C(C)O5)O4)O3)C(C)CC2C)O1. The quantitative estimate of drug-likeness (QED) is 0.234. The Balaban J connectivity index is 1.31. The van der Waals surface area contributed by atoms with Crippen molar-refractivity contribution in [2.75, 3.05) is 0 Å². The molecule has 0 aromatic carbocycles. The molecule has 0 aromatic rings. The molecular formula is C42H69O11-. The molecule has 2 spiro atoms. The monoisotopic (exact) mass is 749 g/mol. The molecule has 3 N–H and O–H groups in total. The number of Topliss-reactive ketones (excluding diaryl/α,β-unsaturated/α-hetero) is 1. The van der Waals surface area contributed by atoms with Crippen LogP contribution in [0.2, 0.25) is 0 Å². The number of rotatable bonds is 12. The minimum atomic E-state index is -1.37. The average molecular weight is 750 g/mol. The summed E-state index contributed by atoms with van der Waals surface area (Å²) in [6.07, 6.45) is 5.22. The van der Waals surface area contributed by atoms with Crippen molar-refractivity contribution in [1.29, 1.82) is 0 Å². The van der Waals surface area contributed by atoms with E-state index in [0.717, 1.165) is 6.42 Å². The highest BCUT2D eigenvalue weighted by Gasteiger charge is 2.63. The molecule has 5 aliphatic heterocycles. The lowest BCUT2D eigenvalue weighted by atomic mass is 9.72.